The van der Waals surface area contributed by atoms with Gasteiger partial charge in [-0.25, -0.2) is 0 Å². The fourth-order valence-electron chi connectivity index (χ4n) is 3.69. The van der Waals surface area contributed by atoms with Gasteiger partial charge in [0.05, 0.1) is 19.3 Å². The monoisotopic (exact) mass is 359 g/mol. The lowest BCUT2D eigenvalue weighted by molar-refractivity contribution is -0.136. The highest BCUT2D eigenvalue weighted by Crippen LogP contribution is 2.30. The molecule has 3 atom stereocenters. The molecule has 3 aliphatic heterocycles. The maximum absolute atomic E-state index is 12.7. The van der Waals surface area contributed by atoms with E-state index < -0.39 is 11.9 Å². The van der Waals surface area contributed by atoms with Gasteiger partial charge in [0.1, 0.15) is 17.9 Å². The van der Waals surface area contributed by atoms with Crippen LogP contribution in [0.4, 0.5) is 0 Å². The maximum atomic E-state index is 12.7. The number of hydrogen-bond donors (Lipinski definition) is 2. The van der Waals surface area contributed by atoms with Crippen molar-refractivity contribution in [3.63, 3.8) is 0 Å². The lowest BCUT2D eigenvalue weighted by atomic mass is 10.0. The van der Waals surface area contributed by atoms with Crippen LogP contribution in [0.1, 0.15) is 35.2 Å². The number of nitrogens with two attached hydrogens (primary N) is 1. The zero-order valence-corrected chi connectivity index (χ0v) is 14.3. The van der Waals surface area contributed by atoms with Crippen molar-refractivity contribution < 1.29 is 23.9 Å². The van der Waals surface area contributed by atoms with Crippen molar-refractivity contribution >= 4 is 17.7 Å². The average Bonchev–Trinajstić information content (AvgIpc) is 2.93. The Bertz CT molecular complexity index is 765. The average molecular weight is 359 g/mol. The zero-order valence-electron chi connectivity index (χ0n) is 14.3. The summed E-state index contributed by atoms with van der Waals surface area (Å²) in [6, 6.07) is 4.53. The van der Waals surface area contributed by atoms with Crippen molar-refractivity contribution in [3.05, 3.63) is 29.3 Å². The molecule has 4 rings (SSSR count). The van der Waals surface area contributed by atoms with E-state index in [0.29, 0.717) is 37.5 Å². The lowest BCUT2D eigenvalue weighted by Gasteiger charge is -2.29. The number of carbonyl (C=O) groups excluding carboxylic acids is 3. The number of nitrogens with zero attached hydrogens (tertiary/aromatic N) is 1. The molecule has 2 saturated heterocycles. The topological polar surface area (TPSA) is 111 Å². The molecule has 0 spiro atoms. The minimum Gasteiger partial charge on any atom is -0.489 e. The molecular weight excluding hydrogens is 338 g/mol. The van der Waals surface area contributed by atoms with Gasteiger partial charge in [0.15, 0.2) is 0 Å². The summed E-state index contributed by atoms with van der Waals surface area (Å²) in [5.41, 5.74) is 7.41. The molecule has 3 amide bonds. The maximum Gasteiger partial charge on any atom is 0.255 e. The summed E-state index contributed by atoms with van der Waals surface area (Å²) in [5, 5.41) is 2.30. The Morgan fingerprint density at radius 3 is 2.85 bits per heavy atom. The quantitative estimate of drug-likeness (QED) is 0.732. The van der Waals surface area contributed by atoms with Crippen molar-refractivity contribution in [1.29, 1.82) is 0 Å². The van der Waals surface area contributed by atoms with E-state index in [0.717, 1.165) is 12.0 Å². The lowest BCUT2D eigenvalue weighted by Crippen LogP contribution is -2.52. The number of amides is 3. The van der Waals surface area contributed by atoms with Crippen LogP contribution in [-0.4, -0.2) is 54.0 Å². The molecule has 3 heterocycles. The van der Waals surface area contributed by atoms with E-state index in [-0.39, 0.29) is 30.4 Å². The first kappa shape index (κ1) is 17.0. The summed E-state index contributed by atoms with van der Waals surface area (Å²) in [6.07, 6.45) is 1.20. The summed E-state index contributed by atoms with van der Waals surface area (Å²) in [4.78, 5) is 37.6. The number of benzene rings is 1. The molecule has 1 unspecified atom stereocenters. The highest BCUT2D eigenvalue weighted by atomic mass is 16.5. The fraction of sp³-hybridized carbons (Fsp3) is 0.500. The Hall–Kier alpha value is -2.45. The van der Waals surface area contributed by atoms with Gasteiger partial charge in [-0.15, -0.1) is 0 Å². The third-order valence-corrected chi connectivity index (χ3v) is 5.12. The second-order valence-corrected chi connectivity index (χ2v) is 6.90. The van der Waals surface area contributed by atoms with Gasteiger partial charge in [-0.1, -0.05) is 0 Å². The van der Waals surface area contributed by atoms with Crippen LogP contribution >= 0.6 is 0 Å². The van der Waals surface area contributed by atoms with Gasteiger partial charge in [-0.2, -0.15) is 0 Å². The largest absolute Gasteiger partial charge is 0.489 e. The van der Waals surface area contributed by atoms with Gasteiger partial charge in [-0.05, 0) is 30.2 Å². The molecule has 3 N–H and O–H groups in total. The minimum absolute atomic E-state index is 0.120. The second kappa shape index (κ2) is 6.69. The Morgan fingerprint density at radius 2 is 2.08 bits per heavy atom. The van der Waals surface area contributed by atoms with Crippen molar-refractivity contribution in [2.75, 3.05) is 13.2 Å². The van der Waals surface area contributed by atoms with Crippen LogP contribution in [0.2, 0.25) is 0 Å². The van der Waals surface area contributed by atoms with Crippen molar-refractivity contribution in [2.45, 2.75) is 44.0 Å². The highest BCUT2D eigenvalue weighted by molar-refractivity contribution is 6.05. The van der Waals surface area contributed by atoms with Gasteiger partial charge in [0.2, 0.25) is 11.8 Å². The van der Waals surface area contributed by atoms with Crippen LogP contribution in [0, 0.1) is 0 Å². The number of fused-ring (bicyclic) bond motifs is 1. The Kier molecular flexibility index (Phi) is 4.37. The third-order valence-electron chi connectivity index (χ3n) is 5.12. The second-order valence-electron chi connectivity index (χ2n) is 6.90. The van der Waals surface area contributed by atoms with Crippen molar-refractivity contribution in [2.24, 2.45) is 5.73 Å². The Balaban J connectivity index is 1.49. The van der Waals surface area contributed by atoms with E-state index >= 15 is 0 Å². The normalized spacial score (nSPS) is 28.7. The van der Waals surface area contributed by atoms with Crippen LogP contribution in [0.15, 0.2) is 18.2 Å². The predicted octanol–water partition coefficient (Wildman–Crippen LogP) is -0.0574. The number of nitrogens with one attached hydrogen (secondary N) is 1. The molecule has 8 nitrogen and oxygen atoms in total. The van der Waals surface area contributed by atoms with Crippen LogP contribution in [0.25, 0.3) is 0 Å². The van der Waals surface area contributed by atoms with Crippen LogP contribution < -0.4 is 15.8 Å². The number of hydrogen-bond acceptors (Lipinski definition) is 6. The highest BCUT2D eigenvalue weighted by Gasteiger charge is 2.39. The van der Waals surface area contributed by atoms with Crippen LogP contribution in [0.5, 0.6) is 5.75 Å². The van der Waals surface area contributed by atoms with Gasteiger partial charge in [0, 0.05) is 24.9 Å². The SMILES string of the molecule is N[C@H]1COCC[C@H]1Oc1ccc2c(c1)CN(C1CCC(=O)NC1=O)C2=O. The molecule has 1 aromatic carbocycles. The predicted molar refractivity (Wildman–Crippen MR) is 90.3 cm³/mol. The van der Waals surface area contributed by atoms with E-state index in [1.165, 1.54) is 4.90 Å². The van der Waals surface area contributed by atoms with Gasteiger partial charge in [-0.3, -0.25) is 19.7 Å². The fourth-order valence-corrected chi connectivity index (χ4v) is 3.69. The first-order valence-corrected chi connectivity index (χ1v) is 8.80. The number of ether oxygens (including phenoxy) is 2. The van der Waals surface area contributed by atoms with Gasteiger partial charge < -0.3 is 20.1 Å². The molecule has 0 radical (unpaired) electrons. The minimum atomic E-state index is -0.610. The molecule has 3 aliphatic rings. The van der Waals surface area contributed by atoms with Gasteiger partial charge in [0.25, 0.3) is 5.91 Å². The number of rotatable bonds is 3. The Morgan fingerprint density at radius 1 is 1.23 bits per heavy atom. The van der Waals surface area contributed by atoms with E-state index in [2.05, 4.69) is 5.32 Å². The number of imide groups is 1. The van der Waals surface area contributed by atoms with E-state index in [1.54, 1.807) is 12.1 Å². The van der Waals surface area contributed by atoms with E-state index in [9.17, 15) is 14.4 Å². The molecule has 138 valence electrons. The third kappa shape index (κ3) is 3.06. The van der Waals surface area contributed by atoms with E-state index in [1.807, 2.05) is 6.07 Å². The summed E-state index contributed by atoms with van der Waals surface area (Å²) in [5.74, 6) is -0.237. The molecule has 1 aromatic rings. The summed E-state index contributed by atoms with van der Waals surface area (Å²) < 4.78 is 11.3. The Labute approximate surface area is 150 Å². The molecule has 26 heavy (non-hydrogen) atoms. The molecule has 0 saturated carbocycles. The smallest absolute Gasteiger partial charge is 0.255 e. The summed E-state index contributed by atoms with van der Waals surface area (Å²) in [7, 11) is 0. The molecule has 8 heteroatoms. The van der Waals surface area contributed by atoms with Gasteiger partial charge >= 0.3 is 0 Å². The summed E-state index contributed by atoms with van der Waals surface area (Å²) in [6.45, 7) is 1.42. The molecular formula is C18H21N3O5. The van der Waals surface area contributed by atoms with Crippen molar-refractivity contribution in [1.82, 2.24) is 10.2 Å². The molecule has 2 fully saturated rings. The summed E-state index contributed by atoms with van der Waals surface area (Å²) >= 11 is 0. The van der Waals surface area contributed by atoms with Crippen molar-refractivity contribution in [3.8, 4) is 5.75 Å². The van der Waals surface area contributed by atoms with Crippen LogP contribution in [0.3, 0.4) is 0 Å². The molecule has 0 aromatic heterocycles. The first-order chi connectivity index (χ1) is 12.5. The first-order valence-electron chi connectivity index (χ1n) is 8.80. The molecule has 0 bridgehead atoms. The number of piperidine rings is 1. The molecule has 0 aliphatic carbocycles. The number of carbonyl (C=O) groups is 3. The zero-order chi connectivity index (χ0) is 18.3. The van der Waals surface area contributed by atoms with E-state index in [4.69, 9.17) is 15.2 Å². The standard InChI is InChI=1S/C18H21N3O5/c19-13-9-25-6-5-15(13)26-11-1-2-12-10(7-11)8-21(18(12)24)14-3-4-16(22)20-17(14)23/h1-2,7,13-15H,3-6,8-9,19H2,(H,20,22,23)/t13-,14?,15+/m0/s1. The van der Waals surface area contributed by atoms with Crippen LogP contribution in [-0.2, 0) is 20.9 Å².